The summed E-state index contributed by atoms with van der Waals surface area (Å²) in [4.78, 5) is 23.7. The normalized spacial score (nSPS) is 19.0. The van der Waals surface area contributed by atoms with Crippen molar-refractivity contribution in [3.05, 3.63) is 82.5 Å². The third-order valence-electron chi connectivity index (χ3n) is 9.15. The summed E-state index contributed by atoms with van der Waals surface area (Å²) in [5.41, 5.74) is 7.57. The Morgan fingerprint density at radius 2 is 1.81 bits per heavy atom. The summed E-state index contributed by atoms with van der Waals surface area (Å²) in [6.45, 7) is 10.8. The molecule has 0 atom stereocenters. The van der Waals surface area contributed by atoms with Crippen LogP contribution in [0.1, 0.15) is 61.9 Å². The molecule has 226 valence electrons. The maximum absolute atomic E-state index is 12.3. The van der Waals surface area contributed by atoms with E-state index in [-0.39, 0.29) is 0 Å². The molecule has 1 fully saturated rings. The first-order valence-corrected chi connectivity index (χ1v) is 15.8. The average Bonchev–Trinajstić information content (AvgIpc) is 3.23. The molecule has 7 nitrogen and oxygen atoms in total. The summed E-state index contributed by atoms with van der Waals surface area (Å²) in [5.74, 6) is -0.383. The molecule has 1 aromatic heterocycles. The molecule has 6 rings (SSSR count). The molecule has 3 aliphatic rings. The number of carboxylic acid groups (broad SMARTS) is 1. The van der Waals surface area contributed by atoms with Crippen LogP contribution in [-0.4, -0.2) is 66.8 Å². The van der Waals surface area contributed by atoms with E-state index in [1.54, 1.807) is 17.8 Å². The van der Waals surface area contributed by atoms with Crippen molar-refractivity contribution in [3.63, 3.8) is 0 Å². The van der Waals surface area contributed by atoms with E-state index in [9.17, 15) is 9.90 Å². The van der Waals surface area contributed by atoms with E-state index < -0.39 is 5.97 Å². The first-order chi connectivity index (χ1) is 20.8. The number of carbonyl (C=O) groups is 1. The average molecular weight is 601 g/mol. The minimum Gasteiger partial charge on any atom is -0.478 e. The van der Waals surface area contributed by atoms with Crippen molar-refractivity contribution in [2.75, 3.05) is 55.7 Å². The van der Waals surface area contributed by atoms with Crippen molar-refractivity contribution in [2.24, 2.45) is 5.41 Å². The highest BCUT2D eigenvalue weighted by Gasteiger charge is 2.29. The van der Waals surface area contributed by atoms with E-state index in [4.69, 9.17) is 16.3 Å². The van der Waals surface area contributed by atoms with Crippen molar-refractivity contribution in [2.45, 2.75) is 46.0 Å². The molecule has 43 heavy (non-hydrogen) atoms. The van der Waals surface area contributed by atoms with Gasteiger partial charge < -0.3 is 19.6 Å². The standard InChI is InChI=1S/C35H41ClN4O3/c1-35(2)14-12-26(30(24-35)25-6-8-27(36)9-7-25)13-17-38-18-20-39(21-19-38)28-10-11-29(34(41)42)32(23-28)40-16-4-22-43-33-31(40)5-3-15-37-33/h3,5-11,15,23H,4,12-14,16-22,24H2,1-2H3,(H,41,42). The molecule has 0 amide bonds. The Morgan fingerprint density at radius 3 is 2.58 bits per heavy atom. The predicted octanol–water partition coefficient (Wildman–Crippen LogP) is 7.53. The number of hydrogen-bond donors (Lipinski definition) is 1. The van der Waals surface area contributed by atoms with E-state index >= 15 is 0 Å². The number of hydrogen-bond acceptors (Lipinski definition) is 6. The third kappa shape index (κ3) is 6.68. The smallest absolute Gasteiger partial charge is 0.337 e. The summed E-state index contributed by atoms with van der Waals surface area (Å²) >= 11 is 6.20. The molecule has 3 heterocycles. The Morgan fingerprint density at radius 1 is 1.02 bits per heavy atom. The van der Waals surface area contributed by atoms with Crippen LogP contribution in [0.25, 0.3) is 5.57 Å². The first kappa shape index (κ1) is 29.5. The minimum atomic E-state index is -0.930. The molecule has 2 aliphatic heterocycles. The topological polar surface area (TPSA) is 69.1 Å². The Hall–Kier alpha value is -3.55. The lowest BCUT2D eigenvalue weighted by atomic mass is 9.72. The van der Waals surface area contributed by atoms with E-state index in [1.165, 1.54) is 17.6 Å². The van der Waals surface area contributed by atoms with Crippen LogP contribution in [0.5, 0.6) is 5.88 Å². The van der Waals surface area contributed by atoms with Crippen molar-refractivity contribution < 1.29 is 14.6 Å². The molecule has 1 aliphatic carbocycles. The van der Waals surface area contributed by atoms with Gasteiger partial charge in [-0.1, -0.05) is 43.2 Å². The van der Waals surface area contributed by atoms with Gasteiger partial charge >= 0.3 is 5.97 Å². The number of rotatable bonds is 7. The van der Waals surface area contributed by atoms with Crippen LogP contribution in [0.3, 0.4) is 0 Å². The summed E-state index contributed by atoms with van der Waals surface area (Å²) in [6, 6.07) is 17.9. The van der Waals surface area contributed by atoms with Gasteiger partial charge in [0.25, 0.3) is 0 Å². The van der Waals surface area contributed by atoms with Crippen LogP contribution in [-0.2, 0) is 0 Å². The number of allylic oxidation sites excluding steroid dienone is 1. The van der Waals surface area contributed by atoms with Gasteiger partial charge in [-0.3, -0.25) is 4.90 Å². The molecule has 1 N–H and O–H groups in total. The molecule has 0 spiro atoms. The number of ether oxygens (including phenoxy) is 1. The number of halogens is 1. The lowest BCUT2D eigenvalue weighted by Crippen LogP contribution is -2.46. The van der Waals surface area contributed by atoms with Crippen molar-refractivity contribution >= 4 is 40.2 Å². The van der Waals surface area contributed by atoms with Gasteiger partial charge in [-0.2, -0.15) is 0 Å². The third-order valence-corrected chi connectivity index (χ3v) is 9.41. The van der Waals surface area contributed by atoms with Crippen LogP contribution in [0, 0.1) is 5.41 Å². The van der Waals surface area contributed by atoms with Gasteiger partial charge in [0.1, 0.15) is 5.69 Å². The van der Waals surface area contributed by atoms with Crippen LogP contribution >= 0.6 is 11.6 Å². The number of benzene rings is 2. The lowest BCUT2D eigenvalue weighted by molar-refractivity contribution is 0.0697. The Balaban J connectivity index is 1.15. The zero-order chi connectivity index (χ0) is 30.0. The number of aromatic nitrogens is 1. The number of aromatic carboxylic acids is 1. The monoisotopic (exact) mass is 600 g/mol. The highest BCUT2D eigenvalue weighted by atomic mass is 35.5. The van der Waals surface area contributed by atoms with Crippen LogP contribution < -0.4 is 14.5 Å². The van der Waals surface area contributed by atoms with Gasteiger partial charge in [0, 0.05) is 56.2 Å². The van der Waals surface area contributed by atoms with Gasteiger partial charge in [0.2, 0.25) is 5.88 Å². The predicted molar refractivity (Wildman–Crippen MR) is 174 cm³/mol. The quantitative estimate of drug-likeness (QED) is 0.301. The van der Waals surface area contributed by atoms with Crippen LogP contribution in [0.2, 0.25) is 5.02 Å². The van der Waals surface area contributed by atoms with Gasteiger partial charge in [-0.15, -0.1) is 0 Å². The van der Waals surface area contributed by atoms with E-state index in [1.807, 2.05) is 36.4 Å². The van der Waals surface area contributed by atoms with E-state index in [0.717, 1.165) is 74.8 Å². The van der Waals surface area contributed by atoms with E-state index in [0.29, 0.717) is 35.7 Å². The van der Waals surface area contributed by atoms with Crippen LogP contribution in [0.15, 0.2) is 66.4 Å². The molecule has 3 aromatic rings. The SMILES string of the molecule is CC1(C)CCC(CCN2CCN(c3ccc(C(=O)O)c(N4CCCOc5ncccc54)c3)CC2)=C(c2ccc(Cl)cc2)C1. The second-order valence-corrected chi connectivity index (χ2v) is 13.1. The zero-order valence-corrected chi connectivity index (χ0v) is 25.9. The van der Waals surface area contributed by atoms with Gasteiger partial charge in [-0.05, 0) is 91.1 Å². The molecule has 2 aromatic carbocycles. The number of pyridine rings is 1. The van der Waals surface area contributed by atoms with Crippen LogP contribution in [0.4, 0.5) is 17.1 Å². The summed E-state index contributed by atoms with van der Waals surface area (Å²) in [7, 11) is 0. The van der Waals surface area contributed by atoms with Gasteiger partial charge in [0.05, 0.1) is 17.9 Å². The molecule has 0 radical (unpaired) electrons. The lowest BCUT2D eigenvalue weighted by Gasteiger charge is -2.38. The molecule has 1 saturated heterocycles. The van der Waals surface area contributed by atoms with Crippen molar-refractivity contribution in [1.82, 2.24) is 9.88 Å². The van der Waals surface area contributed by atoms with Gasteiger partial charge in [0.15, 0.2) is 0 Å². The molecule has 0 bridgehead atoms. The summed E-state index contributed by atoms with van der Waals surface area (Å²) in [6.07, 6.45) is 7.08. The Bertz CT molecular complexity index is 1500. The number of anilines is 3. The Labute approximate surface area is 259 Å². The minimum absolute atomic E-state index is 0.291. The molecule has 0 saturated carbocycles. The molecular weight excluding hydrogens is 560 g/mol. The second kappa shape index (κ2) is 12.6. The summed E-state index contributed by atoms with van der Waals surface area (Å²) < 4.78 is 5.85. The number of piperazine rings is 1. The highest BCUT2D eigenvalue weighted by Crippen LogP contribution is 2.44. The number of nitrogens with zero attached hydrogens (tertiary/aromatic N) is 4. The van der Waals surface area contributed by atoms with Gasteiger partial charge in [-0.25, -0.2) is 9.78 Å². The zero-order valence-electron chi connectivity index (χ0n) is 25.2. The fourth-order valence-electron chi connectivity index (χ4n) is 6.67. The van der Waals surface area contributed by atoms with Crippen molar-refractivity contribution in [3.8, 4) is 5.88 Å². The molecule has 0 unspecified atom stereocenters. The maximum atomic E-state index is 12.3. The number of carboxylic acids is 1. The second-order valence-electron chi connectivity index (χ2n) is 12.7. The molecule has 8 heteroatoms. The largest absolute Gasteiger partial charge is 0.478 e. The fourth-order valence-corrected chi connectivity index (χ4v) is 6.80. The fraction of sp³-hybridized carbons (Fsp3) is 0.429. The summed E-state index contributed by atoms with van der Waals surface area (Å²) in [5, 5.41) is 10.8. The van der Waals surface area contributed by atoms with Crippen molar-refractivity contribution in [1.29, 1.82) is 0 Å². The van der Waals surface area contributed by atoms with E-state index in [2.05, 4.69) is 45.7 Å². The maximum Gasteiger partial charge on any atom is 0.337 e. The first-order valence-electron chi connectivity index (χ1n) is 15.4. The Kier molecular flexibility index (Phi) is 8.64. The molecular formula is C35H41ClN4O3. The number of fused-ring (bicyclic) bond motifs is 1. The highest BCUT2D eigenvalue weighted by molar-refractivity contribution is 6.30.